The molecule has 0 atom stereocenters. The molecular weight excluding hydrogens is 394 g/mol. The molecule has 0 unspecified atom stereocenters. The van der Waals surface area contributed by atoms with Crippen LogP contribution in [0.2, 0.25) is 0 Å². The van der Waals surface area contributed by atoms with E-state index in [-0.39, 0.29) is 17.6 Å². The summed E-state index contributed by atoms with van der Waals surface area (Å²) in [6.45, 7) is 0.966. The van der Waals surface area contributed by atoms with Crippen molar-refractivity contribution in [1.82, 2.24) is 15.0 Å². The number of piperidine rings is 1. The van der Waals surface area contributed by atoms with Gasteiger partial charge in [-0.15, -0.1) is 0 Å². The molecule has 2 amide bonds. The Morgan fingerprint density at radius 3 is 2.70 bits per heavy atom. The summed E-state index contributed by atoms with van der Waals surface area (Å²) in [6, 6.07) is 10.3. The van der Waals surface area contributed by atoms with Gasteiger partial charge in [-0.05, 0) is 37.1 Å². The van der Waals surface area contributed by atoms with Gasteiger partial charge in [0.05, 0.1) is 7.11 Å². The predicted octanol–water partition coefficient (Wildman–Crippen LogP) is 4.43. The molecule has 0 aliphatic carbocycles. The van der Waals surface area contributed by atoms with E-state index in [4.69, 9.17) is 9.26 Å². The molecule has 156 valence electrons. The van der Waals surface area contributed by atoms with Crippen LogP contribution in [0, 0.1) is 11.6 Å². The van der Waals surface area contributed by atoms with E-state index in [1.54, 1.807) is 12.0 Å². The number of hydrogen-bond donors (Lipinski definition) is 1. The maximum Gasteiger partial charge on any atom is 0.321 e. The monoisotopic (exact) mass is 414 g/mol. The fraction of sp³-hybridized carbons (Fsp3) is 0.286. The molecule has 0 radical (unpaired) electrons. The molecule has 1 aromatic heterocycles. The van der Waals surface area contributed by atoms with E-state index in [0.717, 1.165) is 17.7 Å². The van der Waals surface area contributed by atoms with Crippen molar-refractivity contribution in [3.8, 4) is 17.1 Å². The number of benzene rings is 2. The molecule has 7 nitrogen and oxygen atoms in total. The molecule has 1 aliphatic heterocycles. The molecule has 3 aromatic rings. The van der Waals surface area contributed by atoms with Crippen molar-refractivity contribution in [2.45, 2.75) is 18.8 Å². The smallest absolute Gasteiger partial charge is 0.321 e. The maximum absolute atomic E-state index is 13.3. The molecule has 0 saturated carbocycles. The van der Waals surface area contributed by atoms with Crippen molar-refractivity contribution in [2.24, 2.45) is 0 Å². The molecule has 1 fully saturated rings. The molecule has 4 rings (SSSR count). The zero-order valence-corrected chi connectivity index (χ0v) is 16.3. The minimum atomic E-state index is -1.00. The number of likely N-dealkylation sites (tertiary alicyclic amines) is 1. The van der Waals surface area contributed by atoms with Crippen LogP contribution in [-0.2, 0) is 0 Å². The summed E-state index contributed by atoms with van der Waals surface area (Å²) in [7, 11) is 1.59. The second kappa shape index (κ2) is 8.48. The second-order valence-corrected chi connectivity index (χ2v) is 7.01. The first-order valence-electron chi connectivity index (χ1n) is 9.52. The number of aromatic nitrogens is 2. The number of hydrogen-bond acceptors (Lipinski definition) is 5. The lowest BCUT2D eigenvalue weighted by Gasteiger charge is -2.30. The Balaban J connectivity index is 1.36. The van der Waals surface area contributed by atoms with Crippen molar-refractivity contribution in [1.29, 1.82) is 0 Å². The second-order valence-electron chi connectivity index (χ2n) is 7.01. The van der Waals surface area contributed by atoms with Crippen LogP contribution in [0.15, 0.2) is 47.0 Å². The third-order valence-corrected chi connectivity index (χ3v) is 5.07. The zero-order valence-electron chi connectivity index (χ0n) is 16.3. The van der Waals surface area contributed by atoms with Gasteiger partial charge >= 0.3 is 6.03 Å². The van der Waals surface area contributed by atoms with Crippen molar-refractivity contribution >= 4 is 11.7 Å². The summed E-state index contributed by atoms with van der Waals surface area (Å²) in [6.07, 6.45) is 1.32. The average Bonchev–Trinajstić information content (AvgIpc) is 3.27. The van der Waals surface area contributed by atoms with Crippen LogP contribution in [0.1, 0.15) is 24.7 Å². The average molecular weight is 414 g/mol. The van der Waals surface area contributed by atoms with E-state index in [9.17, 15) is 13.6 Å². The topological polar surface area (TPSA) is 80.5 Å². The molecular formula is C21H20F2N4O3. The number of ether oxygens (including phenoxy) is 1. The van der Waals surface area contributed by atoms with Crippen molar-refractivity contribution in [3.05, 3.63) is 60.0 Å². The van der Waals surface area contributed by atoms with E-state index >= 15 is 0 Å². The third kappa shape index (κ3) is 4.24. The lowest BCUT2D eigenvalue weighted by molar-refractivity contribution is 0.187. The Morgan fingerprint density at radius 2 is 1.97 bits per heavy atom. The van der Waals surface area contributed by atoms with E-state index in [0.29, 0.717) is 43.4 Å². The molecule has 1 N–H and O–H groups in total. The van der Waals surface area contributed by atoms with Gasteiger partial charge in [-0.25, -0.2) is 13.6 Å². The summed E-state index contributed by atoms with van der Waals surface area (Å²) in [5.74, 6) is -0.185. The van der Waals surface area contributed by atoms with E-state index in [1.165, 1.54) is 6.07 Å². The first kappa shape index (κ1) is 19.8. The molecule has 9 heteroatoms. The Kier molecular flexibility index (Phi) is 5.60. The van der Waals surface area contributed by atoms with Gasteiger partial charge in [-0.2, -0.15) is 4.98 Å². The van der Waals surface area contributed by atoms with E-state index < -0.39 is 11.6 Å². The third-order valence-electron chi connectivity index (χ3n) is 5.07. The summed E-state index contributed by atoms with van der Waals surface area (Å²) in [5, 5.41) is 6.65. The lowest BCUT2D eigenvalue weighted by Crippen LogP contribution is -2.40. The lowest BCUT2D eigenvalue weighted by atomic mass is 9.97. The van der Waals surface area contributed by atoms with Crippen LogP contribution < -0.4 is 10.1 Å². The number of urea groups is 1. The number of amides is 2. The first-order valence-corrected chi connectivity index (χ1v) is 9.52. The van der Waals surface area contributed by atoms with Gasteiger partial charge in [0.2, 0.25) is 11.7 Å². The van der Waals surface area contributed by atoms with Gasteiger partial charge in [0.25, 0.3) is 0 Å². The molecule has 2 heterocycles. The molecule has 0 bridgehead atoms. The van der Waals surface area contributed by atoms with Crippen molar-refractivity contribution < 1.29 is 22.8 Å². The Hall–Kier alpha value is -3.49. The van der Waals surface area contributed by atoms with Gasteiger partial charge in [0.15, 0.2) is 11.6 Å². The van der Waals surface area contributed by atoms with Gasteiger partial charge in [0, 0.05) is 36.3 Å². The number of carbonyl (C=O) groups is 1. The van der Waals surface area contributed by atoms with Gasteiger partial charge in [-0.1, -0.05) is 17.3 Å². The molecule has 30 heavy (non-hydrogen) atoms. The van der Waals surface area contributed by atoms with Gasteiger partial charge in [0.1, 0.15) is 5.75 Å². The highest BCUT2D eigenvalue weighted by molar-refractivity contribution is 5.89. The number of halogens is 2. The Morgan fingerprint density at radius 1 is 1.17 bits per heavy atom. The zero-order chi connectivity index (χ0) is 21.1. The number of methoxy groups -OCH3 is 1. The number of rotatable bonds is 4. The molecule has 0 spiro atoms. The highest BCUT2D eigenvalue weighted by Crippen LogP contribution is 2.29. The van der Waals surface area contributed by atoms with Crippen molar-refractivity contribution in [3.63, 3.8) is 0 Å². The minimum Gasteiger partial charge on any atom is -0.497 e. The van der Waals surface area contributed by atoms with Crippen LogP contribution >= 0.6 is 0 Å². The van der Waals surface area contributed by atoms with Crippen LogP contribution in [-0.4, -0.2) is 41.3 Å². The minimum absolute atomic E-state index is 0.0455. The van der Waals surface area contributed by atoms with Crippen LogP contribution in [0.4, 0.5) is 19.3 Å². The van der Waals surface area contributed by atoms with E-state index in [1.807, 2.05) is 24.3 Å². The van der Waals surface area contributed by atoms with Crippen LogP contribution in [0.25, 0.3) is 11.4 Å². The molecule has 2 aromatic carbocycles. The maximum atomic E-state index is 13.3. The predicted molar refractivity (Wildman–Crippen MR) is 105 cm³/mol. The Labute approximate surface area is 171 Å². The van der Waals surface area contributed by atoms with E-state index in [2.05, 4.69) is 15.5 Å². The number of carbonyl (C=O) groups excluding carboxylic acids is 1. The Bertz CT molecular complexity index is 1050. The van der Waals surface area contributed by atoms with Crippen LogP contribution in [0.5, 0.6) is 5.75 Å². The standard InChI is InChI=1S/C21H20F2N4O3/c1-29-16-4-2-3-14(11-16)19-25-20(30-26-19)13-7-9-27(10-8-13)21(28)24-15-5-6-17(22)18(23)12-15/h2-6,11-13H,7-10H2,1H3,(H,24,28). The first-order chi connectivity index (χ1) is 14.5. The highest BCUT2D eigenvalue weighted by atomic mass is 19.2. The summed E-state index contributed by atoms with van der Waals surface area (Å²) >= 11 is 0. The number of nitrogens with zero attached hydrogens (tertiary/aromatic N) is 3. The SMILES string of the molecule is COc1cccc(-c2noc(C3CCN(C(=O)Nc4ccc(F)c(F)c4)CC3)n2)c1. The van der Waals surface area contributed by atoms with Crippen molar-refractivity contribution in [2.75, 3.05) is 25.5 Å². The van der Waals surface area contributed by atoms with Gasteiger partial charge < -0.3 is 19.5 Å². The quantitative estimate of drug-likeness (QED) is 0.683. The highest BCUT2D eigenvalue weighted by Gasteiger charge is 2.28. The van der Waals surface area contributed by atoms with Gasteiger partial charge in [-0.3, -0.25) is 0 Å². The number of anilines is 1. The summed E-state index contributed by atoms with van der Waals surface area (Å²) < 4.78 is 37.0. The normalized spacial score (nSPS) is 14.6. The summed E-state index contributed by atoms with van der Waals surface area (Å²) in [5.41, 5.74) is 1.01. The largest absolute Gasteiger partial charge is 0.497 e. The summed E-state index contributed by atoms with van der Waals surface area (Å²) in [4.78, 5) is 18.5. The number of nitrogens with one attached hydrogen (secondary N) is 1. The molecule has 1 saturated heterocycles. The fourth-order valence-corrected chi connectivity index (χ4v) is 3.39. The molecule has 1 aliphatic rings. The fourth-order valence-electron chi connectivity index (χ4n) is 3.39. The van der Waals surface area contributed by atoms with Crippen LogP contribution in [0.3, 0.4) is 0 Å².